The van der Waals surface area contributed by atoms with Gasteiger partial charge in [-0.3, -0.25) is 4.99 Å². The number of likely N-dealkylation sites (N-methyl/N-ethyl adjacent to an activating group) is 1. The minimum absolute atomic E-state index is 0.840. The molecule has 0 N–H and O–H groups in total. The molecule has 0 spiro atoms. The summed E-state index contributed by atoms with van der Waals surface area (Å²) in [5, 5.41) is 0. The van der Waals surface area contributed by atoms with Crippen LogP contribution in [0.3, 0.4) is 0 Å². The predicted octanol–water partition coefficient (Wildman–Crippen LogP) is 3.18. The summed E-state index contributed by atoms with van der Waals surface area (Å²) in [7, 11) is 4.14. The van der Waals surface area contributed by atoms with Gasteiger partial charge in [0.1, 0.15) is 0 Å². The van der Waals surface area contributed by atoms with Crippen molar-refractivity contribution in [1.29, 1.82) is 0 Å². The summed E-state index contributed by atoms with van der Waals surface area (Å²) in [6.07, 6.45) is 5.12. The summed E-state index contributed by atoms with van der Waals surface area (Å²) in [5.41, 5.74) is 6.41. The van der Waals surface area contributed by atoms with Crippen LogP contribution in [-0.4, -0.2) is 38.3 Å². The molecule has 2 heteroatoms. The highest BCUT2D eigenvalue weighted by Crippen LogP contribution is 2.29. The van der Waals surface area contributed by atoms with Gasteiger partial charge in [0, 0.05) is 12.8 Å². The molecule has 19 heavy (non-hydrogen) atoms. The molecule has 2 nitrogen and oxygen atoms in total. The van der Waals surface area contributed by atoms with Crippen LogP contribution in [0.15, 0.2) is 41.4 Å². The molecule has 0 saturated carbocycles. The molecule has 0 heterocycles. The molecule has 0 saturated heterocycles. The number of benzene rings is 1. The first kappa shape index (κ1) is 13.8. The van der Waals surface area contributed by atoms with Gasteiger partial charge in [-0.15, -0.1) is 0 Å². The van der Waals surface area contributed by atoms with Gasteiger partial charge >= 0.3 is 0 Å². The highest BCUT2D eigenvalue weighted by Gasteiger charge is 2.13. The zero-order valence-corrected chi connectivity index (χ0v) is 12.1. The standard InChI is InChI=1S/C17H22N2/c1-13-10-14(2)16-7-5-6-15(17(16)11-13)12-18-8-9-19(3)4/h5-7,10,12H,1,8-9,11H2,2-4H3/b18-12+. The van der Waals surface area contributed by atoms with E-state index in [1.165, 1.54) is 27.8 Å². The van der Waals surface area contributed by atoms with E-state index in [1.807, 2.05) is 6.21 Å². The van der Waals surface area contributed by atoms with Gasteiger partial charge in [0.15, 0.2) is 0 Å². The van der Waals surface area contributed by atoms with E-state index in [0.717, 1.165) is 19.5 Å². The first-order valence-electron chi connectivity index (χ1n) is 6.71. The second kappa shape index (κ2) is 5.98. The van der Waals surface area contributed by atoms with E-state index in [-0.39, 0.29) is 0 Å². The van der Waals surface area contributed by atoms with E-state index in [4.69, 9.17) is 0 Å². The van der Waals surface area contributed by atoms with Crippen LogP contribution in [0.5, 0.6) is 0 Å². The van der Waals surface area contributed by atoms with Gasteiger partial charge in [-0.1, -0.05) is 36.4 Å². The second-order valence-electron chi connectivity index (χ2n) is 5.37. The Kier molecular flexibility index (Phi) is 4.33. The van der Waals surface area contributed by atoms with Crippen LogP contribution in [0.2, 0.25) is 0 Å². The molecule has 0 aliphatic heterocycles. The number of allylic oxidation sites excluding steroid dienone is 3. The average Bonchev–Trinajstić information content (AvgIpc) is 2.34. The molecule has 0 amide bonds. The zero-order chi connectivity index (χ0) is 13.8. The summed E-state index contributed by atoms with van der Waals surface area (Å²) >= 11 is 0. The Morgan fingerprint density at radius 2 is 2.16 bits per heavy atom. The maximum Gasteiger partial charge on any atom is 0.0516 e. The van der Waals surface area contributed by atoms with Crippen molar-refractivity contribution in [1.82, 2.24) is 4.90 Å². The second-order valence-corrected chi connectivity index (χ2v) is 5.37. The van der Waals surface area contributed by atoms with Crippen LogP contribution in [0, 0.1) is 0 Å². The maximum absolute atomic E-state index is 4.52. The highest BCUT2D eigenvalue weighted by molar-refractivity contribution is 5.86. The van der Waals surface area contributed by atoms with Crippen molar-refractivity contribution < 1.29 is 0 Å². The third kappa shape index (κ3) is 3.42. The van der Waals surface area contributed by atoms with Gasteiger partial charge in [0.25, 0.3) is 0 Å². The van der Waals surface area contributed by atoms with E-state index < -0.39 is 0 Å². The topological polar surface area (TPSA) is 15.6 Å². The Labute approximate surface area is 116 Å². The Morgan fingerprint density at radius 1 is 1.37 bits per heavy atom. The lowest BCUT2D eigenvalue weighted by molar-refractivity contribution is 0.421. The van der Waals surface area contributed by atoms with Gasteiger partial charge in [0.2, 0.25) is 0 Å². The van der Waals surface area contributed by atoms with E-state index in [9.17, 15) is 0 Å². The lowest BCUT2D eigenvalue weighted by Crippen LogP contribution is -2.15. The maximum atomic E-state index is 4.52. The van der Waals surface area contributed by atoms with Crippen LogP contribution in [0.25, 0.3) is 5.57 Å². The first-order valence-corrected chi connectivity index (χ1v) is 6.71. The van der Waals surface area contributed by atoms with Crippen LogP contribution in [-0.2, 0) is 6.42 Å². The SMILES string of the molecule is C=C1C=C(C)c2cccc(/C=N/CCN(C)C)c2C1. The third-order valence-corrected chi connectivity index (χ3v) is 3.37. The van der Waals surface area contributed by atoms with Crippen LogP contribution < -0.4 is 0 Å². The molecule has 2 rings (SSSR count). The number of fused-ring (bicyclic) bond motifs is 1. The van der Waals surface area contributed by atoms with Gasteiger partial charge < -0.3 is 4.90 Å². The lowest BCUT2D eigenvalue weighted by Gasteiger charge is -2.18. The van der Waals surface area contributed by atoms with Crippen molar-refractivity contribution in [2.24, 2.45) is 4.99 Å². The zero-order valence-electron chi connectivity index (χ0n) is 12.1. The highest BCUT2D eigenvalue weighted by atomic mass is 15.1. The van der Waals surface area contributed by atoms with Crippen molar-refractivity contribution >= 4 is 11.8 Å². The number of hydrogen-bond acceptors (Lipinski definition) is 2. The Morgan fingerprint density at radius 3 is 2.89 bits per heavy atom. The summed E-state index contributed by atoms with van der Waals surface area (Å²) in [4.78, 5) is 6.67. The summed E-state index contributed by atoms with van der Waals surface area (Å²) in [6, 6.07) is 6.44. The monoisotopic (exact) mass is 254 g/mol. The van der Waals surface area contributed by atoms with Crippen molar-refractivity contribution in [3.05, 3.63) is 53.1 Å². The number of aliphatic imine (C=N–C) groups is 1. The molecule has 1 aliphatic rings. The molecular weight excluding hydrogens is 232 g/mol. The Bertz CT molecular complexity index is 536. The van der Waals surface area contributed by atoms with Gasteiger partial charge in [-0.05, 0) is 49.7 Å². The van der Waals surface area contributed by atoms with Crippen molar-refractivity contribution in [3.63, 3.8) is 0 Å². The van der Waals surface area contributed by atoms with E-state index >= 15 is 0 Å². The van der Waals surface area contributed by atoms with E-state index in [2.05, 4.69) is 61.8 Å². The van der Waals surface area contributed by atoms with E-state index in [1.54, 1.807) is 0 Å². The Balaban J connectivity index is 2.22. The molecule has 1 aliphatic carbocycles. The summed E-state index contributed by atoms with van der Waals surface area (Å²) in [6.45, 7) is 8.07. The van der Waals surface area contributed by atoms with E-state index in [0.29, 0.717) is 0 Å². The number of rotatable bonds is 4. The fourth-order valence-electron chi connectivity index (χ4n) is 2.38. The fourth-order valence-corrected chi connectivity index (χ4v) is 2.38. The third-order valence-electron chi connectivity index (χ3n) is 3.37. The molecule has 100 valence electrons. The number of nitrogens with zero attached hydrogens (tertiary/aromatic N) is 2. The molecule has 0 bridgehead atoms. The Hall–Kier alpha value is -1.67. The fraction of sp³-hybridized carbons (Fsp3) is 0.353. The largest absolute Gasteiger partial charge is 0.308 e. The first-order chi connectivity index (χ1) is 9.08. The molecule has 1 aromatic carbocycles. The van der Waals surface area contributed by atoms with Crippen LogP contribution >= 0.6 is 0 Å². The van der Waals surface area contributed by atoms with Gasteiger partial charge in [0.05, 0.1) is 6.54 Å². The lowest BCUT2D eigenvalue weighted by atomic mass is 9.86. The average molecular weight is 254 g/mol. The molecular formula is C17H22N2. The minimum Gasteiger partial charge on any atom is -0.308 e. The van der Waals surface area contributed by atoms with Crippen LogP contribution in [0.4, 0.5) is 0 Å². The summed E-state index contributed by atoms with van der Waals surface area (Å²) in [5.74, 6) is 0. The molecule has 0 aromatic heterocycles. The summed E-state index contributed by atoms with van der Waals surface area (Å²) < 4.78 is 0. The predicted molar refractivity (Wildman–Crippen MR) is 84.0 cm³/mol. The smallest absolute Gasteiger partial charge is 0.0516 e. The van der Waals surface area contributed by atoms with Crippen molar-refractivity contribution in [3.8, 4) is 0 Å². The minimum atomic E-state index is 0.840. The number of hydrogen-bond donors (Lipinski definition) is 0. The quantitative estimate of drug-likeness (QED) is 0.753. The van der Waals surface area contributed by atoms with Crippen molar-refractivity contribution in [2.75, 3.05) is 27.2 Å². The van der Waals surface area contributed by atoms with Gasteiger partial charge in [-0.2, -0.15) is 0 Å². The molecule has 1 aromatic rings. The van der Waals surface area contributed by atoms with Gasteiger partial charge in [-0.25, -0.2) is 0 Å². The molecule has 0 unspecified atom stereocenters. The molecule has 0 radical (unpaired) electrons. The van der Waals surface area contributed by atoms with Crippen molar-refractivity contribution in [2.45, 2.75) is 13.3 Å². The molecule has 0 atom stereocenters. The normalized spacial score (nSPS) is 14.9. The van der Waals surface area contributed by atoms with Crippen LogP contribution in [0.1, 0.15) is 23.6 Å². The molecule has 0 fully saturated rings.